The van der Waals surface area contributed by atoms with E-state index in [2.05, 4.69) is 6.07 Å². The Morgan fingerprint density at radius 1 is 1.20 bits per heavy atom. The Morgan fingerprint density at radius 2 is 1.75 bits per heavy atom. The van der Waals surface area contributed by atoms with Crippen LogP contribution in [0.2, 0.25) is 0 Å². The summed E-state index contributed by atoms with van der Waals surface area (Å²) in [6.07, 6.45) is 0.619. The SMILES string of the molecule is COc1cc(CN)cc(OC)c1OCCC(C)(C)C#N. The van der Waals surface area contributed by atoms with Crippen molar-refractivity contribution in [3.63, 3.8) is 0 Å². The Morgan fingerprint density at radius 3 is 2.15 bits per heavy atom. The number of methoxy groups -OCH3 is 2. The summed E-state index contributed by atoms with van der Waals surface area (Å²) in [6.45, 7) is 4.56. The van der Waals surface area contributed by atoms with Crippen LogP contribution in [0, 0.1) is 16.7 Å². The van der Waals surface area contributed by atoms with E-state index in [0.29, 0.717) is 36.8 Å². The van der Waals surface area contributed by atoms with Crippen molar-refractivity contribution in [3.05, 3.63) is 17.7 Å². The van der Waals surface area contributed by atoms with E-state index < -0.39 is 5.41 Å². The van der Waals surface area contributed by atoms with Crippen LogP contribution < -0.4 is 19.9 Å². The molecule has 0 spiro atoms. The molecule has 0 saturated carbocycles. The summed E-state index contributed by atoms with van der Waals surface area (Å²) in [5.41, 5.74) is 6.12. The summed E-state index contributed by atoms with van der Waals surface area (Å²) in [5, 5.41) is 8.99. The van der Waals surface area contributed by atoms with Crippen molar-refractivity contribution in [2.45, 2.75) is 26.8 Å². The van der Waals surface area contributed by atoms with Crippen molar-refractivity contribution < 1.29 is 14.2 Å². The first-order valence-electron chi connectivity index (χ1n) is 6.46. The first kappa shape index (κ1) is 16.1. The number of benzene rings is 1. The van der Waals surface area contributed by atoms with E-state index in [9.17, 15) is 0 Å². The van der Waals surface area contributed by atoms with Gasteiger partial charge in [0.05, 0.1) is 32.3 Å². The fourth-order valence-corrected chi connectivity index (χ4v) is 1.66. The Labute approximate surface area is 120 Å². The maximum atomic E-state index is 8.99. The van der Waals surface area contributed by atoms with Gasteiger partial charge in [0.25, 0.3) is 0 Å². The maximum absolute atomic E-state index is 8.99. The Bertz CT molecular complexity index is 467. The lowest BCUT2D eigenvalue weighted by Crippen LogP contribution is -2.14. The third kappa shape index (κ3) is 4.04. The highest BCUT2D eigenvalue weighted by molar-refractivity contribution is 5.53. The molecular weight excluding hydrogens is 256 g/mol. The van der Waals surface area contributed by atoms with Crippen LogP contribution in [0.1, 0.15) is 25.8 Å². The highest BCUT2D eigenvalue weighted by Gasteiger charge is 2.19. The molecule has 5 nitrogen and oxygen atoms in total. The summed E-state index contributed by atoms with van der Waals surface area (Å²) in [4.78, 5) is 0. The van der Waals surface area contributed by atoms with E-state index in [0.717, 1.165) is 5.56 Å². The lowest BCUT2D eigenvalue weighted by Gasteiger charge is -2.18. The molecule has 0 unspecified atom stereocenters. The fourth-order valence-electron chi connectivity index (χ4n) is 1.66. The van der Waals surface area contributed by atoms with Crippen molar-refractivity contribution in [3.8, 4) is 23.3 Å². The van der Waals surface area contributed by atoms with Gasteiger partial charge in [-0.2, -0.15) is 5.26 Å². The van der Waals surface area contributed by atoms with Crippen molar-refractivity contribution in [2.75, 3.05) is 20.8 Å². The number of nitrogens with zero attached hydrogens (tertiary/aromatic N) is 1. The highest BCUT2D eigenvalue weighted by atomic mass is 16.5. The monoisotopic (exact) mass is 278 g/mol. The minimum absolute atomic E-state index is 0.397. The molecule has 0 amide bonds. The number of rotatable bonds is 7. The molecule has 0 atom stereocenters. The van der Waals surface area contributed by atoms with Gasteiger partial charge in [-0.05, 0) is 38.0 Å². The normalized spacial score (nSPS) is 10.8. The van der Waals surface area contributed by atoms with E-state index >= 15 is 0 Å². The molecule has 0 bridgehead atoms. The summed E-state index contributed by atoms with van der Waals surface area (Å²) >= 11 is 0. The Kier molecular flexibility index (Phi) is 5.66. The Balaban J connectivity index is 2.91. The first-order chi connectivity index (χ1) is 9.47. The van der Waals surface area contributed by atoms with Crippen molar-refractivity contribution in [2.24, 2.45) is 11.1 Å². The minimum Gasteiger partial charge on any atom is -0.493 e. The second-order valence-corrected chi connectivity index (χ2v) is 5.13. The van der Waals surface area contributed by atoms with Gasteiger partial charge in [-0.25, -0.2) is 0 Å². The maximum Gasteiger partial charge on any atom is 0.203 e. The van der Waals surface area contributed by atoms with Crippen LogP contribution in [-0.2, 0) is 6.54 Å². The van der Waals surface area contributed by atoms with E-state index in [1.165, 1.54) is 0 Å². The molecule has 0 fully saturated rings. The van der Waals surface area contributed by atoms with Gasteiger partial charge < -0.3 is 19.9 Å². The molecule has 1 rings (SSSR count). The lowest BCUT2D eigenvalue weighted by molar-refractivity contribution is 0.240. The molecule has 0 radical (unpaired) electrons. The molecule has 1 aromatic carbocycles. The average Bonchev–Trinajstić information content (AvgIpc) is 2.46. The standard InChI is InChI=1S/C15H22N2O3/c1-15(2,10-17)5-6-20-14-12(18-3)7-11(9-16)8-13(14)19-4/h7-8H,5-6,9,16H2,1-4H3. The van der Waals surface area contributed by atoms with Crippen molar-refractivity contribution >= 4 is 0 Å². The van der Waals surface area contributed by atoms with Crippen molar-refractivity contribution in [1.29, 1.82) is 5.26 Å². The molecule has 2 N–H and O–H groups in total. The molecule has 0 aromatic heterocycles. The summed E-state index contributed by atoms with van der Waals surface area (Å²) in [6, 6.07) is 5.90. The third-order valence-electron chi connectivity index (χ3n) is 3.03. The summed E-state index contributed by atoms with van der Waals surface area (Å²) < 4.78 is 16.4. The molecule has 110 valence electrons. The molecule has 5 heteroatoms. The van der Waals surface area contributed by atoms with Crippen LogP contribution in [-0.4, -0.2) is 20.8 Å². The van der Waals surface area contributed by atoms with Gasteiger partial charge in [-0.1, -0.05) is 0 Å². The number of nitriles is 1. The molecule has 0 heterocycles. The molecule has 20 heavy (non-hydrogen) atoms. The van der Waals surface area contributed by atoms with E-state index in [1.54, 1.807) is 14.2 Å². The second-order valence-electron chi connectivity index (χ2n) is 5.13. The third-order valence-corrected chi connectivity index (χ3v) is 3.03. The average molecular weight is 278 g/mol. The van der Waals surface area contributed by atoms with Crippen LogP contribution in [0.4, 0.5) is 0 Å². The van der Waals surface area contributed by atoms with Gasteiger partial charge >= 0.3 is 0 Å². The highest BCUT2D eigenvalue weighted by Crippen LogP contribution is 2.38. The number of ether oxygens (including phenoxy) is 3. The lowest BCUT2D eigenvalue weighted by atomic mass is 9.92. The quantitative estimate of drug-likeness (QED) is 0.829. The van der Waals surface area contributed by atoms with E-state index in [4.69, 9.17) is 25.2 Å². The zero-order valence-electron chi connectivity index (χ0n) is 12.5. The molecule has 0 aliphatic carbocycles. The van der Waals surface area contributed by atoms with Crippen LogP contribution in [0.3, 0.4) is 0 Å². The van der Waals surface area contributed by atoms with Gasteiger partial charge in [0.1, 0.15) is 0 Å². The fraction of sp³-hybridized carbons (Fsp3) is 0.533. The summed E-state index contributed by atoms with van der Waals surface area (Å²) in [5.74, 6) is 1.71. The van der Waals surface area contributed by atoms with Crippen molar-refractivity contribution in [1.82, 2.24) is 0 Å². The molecule has 0 aliphatic heterocycles. The van der Waals surface area contributed by atoms with Gasteiger partial charge in [0.2, 0.25) is 5.75 Å². The number of hydrogen-bond acceptors (Lipinski definition) is 5. The molecule has 1 aromatic rings. The predicted molar refractivity (Wildman–Crippen MR) is 76.9 cm³/mol. The van der Waals surface area contributed by atoms with Gasteiger partial charge in [-0.15, -0.1) is 0 Å². The number of nitrogens with two attached hydrogens (primary N) is 1. The summed E-state index contributed by atoms with van der Waals surface area (Å²) in [7, 11) is 3.14. The zero-order chi connectivity index (χ0) is 15.2. The number of hydrogen-bond donors (Lipinski definition) is 1. The topological polar surface area (TPSA) is 77.5 Å². The van der Waals surface area contributed by atoms with Crippen LogP contribution in [0.25, 0.3) is 0 Å². The molecular formula is C15H22N2O3. The largest absolute Gasteiger partial charge is 0.493 e. The molecule has 0 saturated heterocycles. The van der Waals surface area contributed by atoms with Gasteiger partial charge in [0, 0.05) is 6.54 Å². The van der Waals surface area contributed by atoms with Crippen LogP contribution in [0.5, 0.6) is 17.2 Å². The smallest absolute Gasteiger partial charge is 0.203 e. The second kappa shape index (κ2) is 7.01. The van der Waals surface area contributed by atoms with E-state index in [-0.39, 0.29) is 0 Å². The Hall–Kier alpha value is -1.93. The van der Waals surface area contributed by atoms with Gasteiger partial charge in [-0.3, -0.25) is 0 Å². The van der Waals surface area contributed by atoms with Gasteiger partial charge in [0.15, 0.2) is 11.5 Å². The predicted octanol–water partition coefficient (Wildman–Crippen LogP) is 2.48. The van der Waals surface area contributed by atoms with Crippen LogP contribution in [0.15, 0.2) is 12.1 Å². The van der Waals surface area contributed by atoms with Crippen LogP contribution >= 0.6 is 0 Å². The molecule has 0 aliphatic rings. The first-order valence-corrected chi connectivity index (χ1v) is 6.46. The minimum atomic E-state index is -0.419. The van der Waals surface area contributed by atoms with E-state index in [1.807, 2.05) is 26.0 Å². The zero-order valence-corrected chi connectivity index (χ0v) is 12.5.